The molecule has 0 unspecified atom stereocenters. The van der Waals surface area contributed by atoms with E-state index in [0.717, 1.165) is 6.42 Å². The topological polar surface area (TPSA) is 12.0 Å². The molecule has 0 atom stereocenters. The fourth-order valence-corrected chi connectivity index (χ4v) is 2.29. The summed E-state index contributed by atoms with van der Waals surface area (Å²) < 4.78 is 0. The highest BCUT2D eigenvalue weighted by Crippen LogP contribution is 2.09. The summed E-state index contributed by atoms with van der Waals surface area (Å²) in [5, 5.41) is 3.54. The zero-order chi connectivity index (χ0) is 13.3. The van der Waals surface area contributed by atoms with Crippen LogP contribution in [0, 0.1) is 6.92 Å². The summed E-state index contributed by atoms with van der Waals surface area (Å²) in [5.41, 5.74) is 0. The van der Waals surface area contributed by atoms with Gasteiger partial charge in [0.1, 0.15) is 0 Å². The summed E-state index contributed by atoms with van der Waals surface area (Å²) >= 11 is 0. The van der Waals surface area contributed by atoms with Gasteiger partial charge >= 0.3 is 0 Å². The first kappa shape index (κ1) is 18.0. The Labute approximate surface area is 116 Å². The first-order chi connectivity index (χ1) is 8.91. The van der Waals surface area contributed by atoms with Gasteiger partial charge in [-0.1, -0.05) is 84.5 Å². The van der Waals surface area contributed by atoms with Crippen molar-refractivity contribution in [1.29, 1.82) is 0 Å². The molecule has 0 saturated heterocycles. The second-order valence-electron chi connectivity index (χ2n) is 5.49. The van der Waals surface area contributed by atoms with Crippen LogP contribution in [0.25, 0.3) is 0 Å². The first-order valence-corrected chi connectivity index (χ1v) is 8.41. The molecule has 0 aliphatic heterocycles. The Kier molecular flexibility index (Phi) is 16.9. The molecule has 1 heteroatoms. The normalized spacial score (nSPS) is 11.0. The zero-order valence-electron chi connectivity index (χ0n) is 12.8. The van der Waals surface area contributed by atoms with E-state index in [1.54, 1.807) is 0 Å². The SMILES string of the molecule is [CH2]CCCCCNCCCCCCCCCCC. The summed E-state index contributed by atoms with van der Waals surface area (Å²) in [6, 6.07) is 0. The van der Waals surface area contributed by atoms with Crippen molar-refractivity contribution in [3.05, 3.63) is 6.92 Å². The number of nitrogens with one attached hydrogen (secondary N) is 1. The van der Waals surface area contributed by atoms with Gasteiger partial charge in [0.2, 0.25) is 0 Å². The van der Waals surface area contributed by atoms with Crippen molar-refractivity contribution in [3.63, 3.8) is 0 Å². The Morgan fingerprint density at radius 3 is 1.56 bits per heavy atom. The lowest BCUT2D eigenvalue weighted by Gasteiger charge is -2.04. The lowest BCUT2D eigenvalue weighted by Crippen LogP contribution is -2.16. The van der Waals surface area contributed by atoms with Gasteiger partial charge in [-0.25, -0.2) is 0 Å². The van der Waals surface area contributed by atoms with E-state index in [2.05, 4.69) is 19.2 Å². The molecule has 0 spiro atoms. The standard InChI is InChI=1S/C17H36N/c1-3-5-7-9-10-11-12-13-15-17-18-16-14-8-6-4-2/h18H,2-17H2,1H3. The number of rotatable bonds is 15. The van der Waals surface area contributed by atoms with Gasteiger partial charge in [-0.3, -0.25) is 0 Å². The molecular weight excluding hydrogens is 218 g/mol. The van der Waals surface area contributed by atoms with E-state index >= 15 is 0 Å². The maximum Gasteiger partial charge on any atom is -0.00489 e. The van der Waals surface area contributed by atoms with E-state index in [9.17, 15) is 0 Å². The molecule has 0 aromatic rings. The van der Waals surface area contributed by atoms with Crippen LogP contribution in [-0.2, 0) is 0 Å². The van der Waals surface area contributed by atoms with Crippen LogP contribution in [0.3, 0.4) is 0 Å². The molecular formula is C17H36N. The zero-order valence-corrected chi connectivity index (χ0v) is 12.8. The second kappa shape index (κ2) is 17.0. The van der Waals surface area contributed by atoms with E-state index in [-0.39, 0.29) is 0 Å². The Morgan fingerprint density at radius 1 is 0.611 bits per heavy atom. The van der Waals surface area contributed by atoms with Crippen LogP contribution in [0.5, 0.6) is 0 Å². The van der Waals surface area contributed by atoms with E-state index in [4.69, 9.17) is 0 Å². The van der Waals surface area contributed by atoms with Crippen LogP contribution in [0.2, 0.25) is 0 Å². The molecule has 109 valence electrons. The fourth-order valence-electron chi connectivity index (χ4n) is 2.29. The Morgan fingerprint density at radius 2 is 1.06 bits per heavy atom. The Balaban J connectivity index is 2.86. The molecule has 1 nitrogen and oxygen atoms in total. The van der Waals surface area contributed by atoms with Crippen molar-refractivity contribution < 1.29 is 0 Å². The van der Waals surface area contributed by atoms with Crippen molar-refractivity contribution in [2.45, 2.75) is 90.4 Å². The average molecular weight is 254 g/mol. The molecule has 0 bridgehead atoms. The summed E-state index contributed by atoms with van der Waals surface area (Å²) in [6.45, 7) is 8.58. The molecule has 1 N–H and O–H groups in total. The number of hydrogen-bond acceptors (Lipinski definition) is 1. The van der Waals surface area contributed by atoms with E-state index in [1.807, 2.05) is 0 Å². The third-order valence-corrected chi connectivity index (χ3v) is 3.56. The maximum atomic E-state index is 3.86. The molecule has 1 radical (unpaired) electrons. The van der Waals surface area contributed by atoms with Crippen LogP contribution in [-0.4, -0.2) is 13.1 Å². The number of unbranched alkanes of at least 4 members (excludes halogenated alkanes) is 11. The highest BCUT2D eigenvalue weighted by atomic mass is 14.8. The van der Waals surface area contributed by atoms with Gasteiger partial charge in [-0.2, -0.15) is 0 Å². The van der Waals surface area contributed by atoms with Crippen LogP contribution in [0.1, 0.15) is 90.4 Å². The summed E-state index contributed by atoms with van der Waals surface area (Å²) in [5.74, 6) is 0. The predicted octanol–water partition coefficient (Wildman–Crippen LogP) is 5.50. The van der Waals surface area contributed by atoms with Gasteiger partial charge in [0.15, 0.2) is 0 Å². The van der Waals surface area contributed by atoms with E-state index in [1.165, 1.54) is 90.1 Å². The van der Waals surface area contributed by atoms with Crippen LogP contribution >= 0.6 is 0 Å². The minimum absolute atomic E-state index is 1.10. The minimum Gasteiger partial charge on any atom is -0.317 e. The monoisotopic (exact) mass is 254 g/mol. The van der Waals surface area contributed by atoms with Crippen LogP contribution in [0.15, 0.2) is 0 Å². The quantitative estimate of drug-likeness (QED) is 0.380. The summed E-state index contributed by atoms with van der Waals surface area (Å²) in [6.07, 6.45) is 17.9. The average Bonchev–Trinajstić information content (AvgIpc) is 2.39. The molecule has 18 heavy (non-hydrogen) atoms. The first-order valence-electron chi connectivity index (χ1n) is 8.41. The lowest BCUT2D eigenvalue weighted by atomic mass is 10.1. The molecule has 0 saturated carbocycles. The highest BCUT2D eigenvalue weighted by molar-refractivity contribution is 4.52. The third-order valence-electron chi connectivity index (χ3n) is 3.56. The van der Waals surface area contributed by atoms with Gasteiger partial charge in [0, 0.05) is 0 Å². The summed E-state index contributed by atoms with van der Waals surface area (Å²) in [4.78, 5) is 0. The lowest BCUT2D eigenvalue weighted by molar-refractivity contribution is 0.540. The van der Waals surface area contributed by atoms with Gasteiger partial charge in [-0.05, 0) is 25.9 Å². The second-order valence-corrected chi connectivity index (χ2v) is 5.49. The molecule has 0 fully saturated rings. The van der Waals surface area contributed by atoms with E-state index in [0.29, 0.717) is 0 Å². The van der Waals surface area contributed by atoms with Crippen LogP contribution < -0.4 is 5.32 Å². The van der Waals surface area contributed by atoms with Crippen molar-refractivity contribution in [2.24, 2.45) is 0 Å². The van der Waals surface area contributed by atoms with Gasteiger partial charge in [0.25, 0.3) is 0 Å². The Hall–Kier alpha value is -0.0400. The van der Waals surface area contributed by atoms with Crippen molar-refractivity contribution >= 4 is 0 Å². The molecule has 0 heterocycles. The third kappa shape index (κ3) is 16.0. The van der Waals surface area contributed by atoms with Gasteiger partial charge in [-0.15, -0.1) is 0 Å². The maximum absolute atomic E-state index is 3.86. The number of hydrogen-bond donors (Lipinski definition) is 1. The molecule has 0 aliphatic rings. The molecule has 0 amide bonds. The van der Waals surface area contributed by atoms with Gasteiger partial charge < -0.3 is 5.32 Å². The van der Waals surface area contributed by atoms with Crippen molar-refractivity contribution in [2.75, 3.05) is 13.1 Å². The minimum atomic E-state index is 1.10. The van der Waals surface area contributed by atoms with Crippen LogP contribution in [0.4, 0.5) is 0 Å². The Bertz CT molecular complexity index is 118. The molecule has 0 rings (SSSR count). The molecule has 0 aliphatic carbocycles. The van der Waals surface area contributed by atoms with Crippen molar-refractivity contribution in [1.82, 2.24) is 5.32 Å². The fraction of sp³-hybridized carbons (Fsp3) is 0.941. The predicted molar refractivity (Wildman–Crippen MR) is 83.9 cm³/mol. The highest BCUT2D eigenvalue weighted by Gasteiger charge is 1.92. The molecule has 0 aromatic heterocycles. The smallest absolute Gasteiger partial charge is 0.00489 e. The van der Waals surface area contributed by atoms with Crippen molar-refractivity contribution in [3.8, 4) is 0 Å². The van der Waals surface area contributed by atoms with E-state index < -0.39 is 0 Å². The largest absolute Gasteiger partial charge is 0.317 e. The summed E-state index contributed by atoms with van der Waals surface area (Å²) in [7, 11) is 0. The molecule has 0 aromatic carbocycles. The van der Waals surface area contributed by atoms with Gasteiger partial charge in [0.05, 0.1) is 0 Å².